The number of carboxylic acid groups (broad SMARTS) is 1. The SMILES string of the molecule is CC(C)(CCCOC(C(F)(F)F)C(F)(F)F)C(=O)O. The Morgan fingerprint density at radius 1 is 1.11 bits per heavy atom. The molecule has 0 aliphatic carbocycles. The van der Waals surface area contributed by atoms with Crippen LogP contribution in [0.25, 0.3) is 0 Å². The van der Waals surface area contributed by atoms with Crippen molar-refractivity contribution in [3.8, 4) is 0 Å². The smallest absolute Gasteiger partial charge is 0.423 e. The van der Waals surface area contributed by atoms with E-state index in [0.29, 0.717) is 0 Å². The Morgan fingerprint density at radius 2 is 1.53 bits per heavy atom. The quantitative estimate of drug-likeness (QED) is 0.603. The monoisotopic (exact) mass is 296 g/mol. The van der Waals surface area contributed by atoms with Gasteiger partial charge in [-0.25, -0.2) is 0 Å². The van der Waals surface area contributed by atoms with Gasteiger partial charge in [0.2, 0.25) is 6.10 Å². The molecule has 0 unspecified atom stereocenters. The fourth-order valence-corrected chi connectivity index (χ4v) is 1.20. The van der Waals surface area contributed by atoms with Crippen molar-refractivity contribution in [2.24, 2.45) is 5.41 Å². The Bertz CT molecular complexity index is 293. The van der Waals surface area contributed by atoms with E-state index in [-0.39, 0.29) is 12.8 Å². The van der Waals surface area contributed by atoms with Gasteiger partial charge in [0.05, 0.1) is 5.41 Å². The second-order valence-electron chi connectivity index (χ2n) is 4.63. The lowest BCUT2D eigenvalue weighted by atomic mass is 9.88. The van der Waals surface area contributed by atoms with Crippen LogP contribution >= 0.6 is 0 Å². The summed E-state index contributed by atoms with van der Waals surface area (Å²) in [6.07, 6.45) is -15.2. The number of halogens is 6. The topological polar surface area (TPSA) is 46.5 Å². The molecule has 0 aromatic heterocycles. The van der Waals surface area contributed by atoms with Gasteiger partial charge >= 0.3 is 18.3 Å². The van der Waals surface area contributed by atoms with Crippen molar-refractivity contribution in [2.75, 3.05) is 6.61 Å². The number of hydrogen-bond acceptors (Lipinski definition) is 2. The summed E-state index contributed by atoms with van der Waals surface area (Å²) in [6, 6.07) is 0. The van der Waals surface area contributed by atoms with Gasteiger partial charge in [0.15, 0.2) is 0 Å². The summed E-state index contributed by atoms with van der Waals surface area (Å²) in [4.78, 5) is 10.7. The normalized spacial score (nSPS) is 13.9. The van der Waals surface area contributed by atoms with Crippen LogP contribution in [0.1, 0.15) is 26.7 Å². The van der Waals surface area contributed by atoms with Crippen LogP contribution in [0.3, 0.4) is 0 Å². The van der Waals surface area contributed by atoms with Crippen molar-refractivity contribution in [1.29, 1.82) is 0 Å². The second kappa shape index (κ2) is 5.98. The summed E-state index contributed by atoms with van der Waals surface area (Å²) in [5, 5.41) is 8.71. The third kappa shape index (κ3) is 6.13. The number of carbonyl (C=O) groups is 1. The number of aliphatic carboxylic acids is 1. The number of carboxylic acids is 1. The molecule has 0 amide bonds. The molecule has 0 aromatic rings. The van der Waals surface area contributed by atoms with E-state index in [9.17, 15) is 31.1 Å². The minimum atomic E-state index is -5.54. The molecule has 114 valence electrons. The first-order chi connectivity index (χ1) is 8.28. The molecule has 0 aromatic carbocycles. The molecule has 0 bridgehead atoms. The number of hydrogen-bond donors (Lipinski definition) is 1. The Hall–Kier alpha value is -0.990. The lowest BCUT2D eigenvalue weighted by molar-refractivity contribution is -0.322. The molecule has 0 radical (unpaired) electrons. The molecule has 0 spiro atoms. The van der Waals surface area contributed by atoms with Gasteiger partial charge in [0.1, 0.15) is 0 Å². The van der Waals surface area contributed by atoms with Gasteiger partial charge in [-0.15, -0.1) is 0 Å². The van der Waals surface area contributed by atoms with Gasteiger partial charge in [-0.1, -0.05) is 0 Å². The van der Waals surface area contributed by atoms with Crippen LogP contribution in [0.5, 0.6) is 0 Å². The average molecular weight is 296 g/mol. The largest absolute Gasteiger partial charge is 0.481 e. The summed E-state index contributed by atoms with van der Waals surface area (Å²) in [5.41, 5.74) is -1.23. The van der Waals surface area contributed by atoms with Crippen LogP contribution < -0.4 is 0 Å². The van der Waals surface area contributed by atoms with Crippen molar-refractivity contribution in [1.82, 2.24) is 0 Å². The Labute approximate surface area is 105 Å². The first kappa shape index (κ1) is 18.0. The van der Waals surface area contributed by atoms with Gasteiger partial charge in [-0.3, -0.25) is 4.79 Å². The molecular weight excluding hydrogens is 282 g/mol. The fraction of sp³-hybridized carbons (Fsp3) is 0.900. The highest BCUT2D eigenvalue weighted by molar-refractivity contribution is 5.73. The minimum Gasteiger partial charge on any atom is -0.481 e. The highest BCUT2D eigenvalue weighted by atomic mass is 19.4. The van der Waals surface area contributed by atoms with Crippen molar-refractivity contribution in [2.45, 2.75) is 45.1 Å². The Kier molecular flexibility index (Phi) is 5.66. The van der Waals surface area contributed by atoms with Crippen molar-refractivity contribution in [3.63, 3.8) is 0 Å². The highest BCUT2D eigenvalue weighted by Gasteiger charge is 2.57. The van der Waals surface area contributed by atoms with E-state index in [1.807, 2.05) is 0 Å². The maximum atomic E-state index is 12.1. The van der Waals surface area contributed by atoms with Crippen molar-refractivity contribution < 1.29 is 41.0 Å². The van der Waals surface area contributed by atoms with Gasteiger partial charge in [-0.2, -0.15) is 26.3 Å². The van der Waals surface area contributed by atoms with E-state index in [2.05, 4.69) is 4.74 Å². The number of ether oxygens (including phenoxy) is 1. The third-order valence-electron chi connectivity index (χ3n) is 2.40. The Balaban J connectivity index is 4.35. The van der Waals surface area contributed by atoms with Crippen LogP contribution in [0.2, 0.25) is 0 Å². The average Bonchev–Trinajstić information content (AvgIpc) is 2.12. The zero-order valence-corrected chi connectivity index (χ0v) is 10.2. The maximum absolute atomic E-state index is 12.1. The van der Waals surface area contributed by atoms with Gasteiger partial charge in [0, 0.05) is 6.61 Å². The molecule has 1 N–H and O–H groups in total. The zero-order chi connectivity index (χ0) is 15.5. The van der Waals surface area contributed by atoms with Crippen LogP contribution in [-0.2, 0) is 9.53 Å². The number of rotatable bonds is 6. The van der Waals surface area contributed by atoms with E-state index < -0.39 is 36.4 Å². The van der Waals surface area contributed by atoms with E-state index in [1.165, 1.54) is 13.8 Å². The molecule has 0 fully saturated rings. The molecule has 0 aliphatic heterocycles. The van der Waals surface area contributed by atoms with Gasteiger partial charge in [0.25, 0.3) is 0 Å². The molecule has 19 heavy (non-hydrogen) atoms. The second-order valence-corrected chi connectivity index (χ2v) is 4.63. The predicted molar refractivity (Wildman–Crippen MR) is 52.5 cm³/mol. The summed E-state index contributed by atoms with van der Waals surface area (Å²) >= 11 is 0. The lowest BCUT2D eigenvalue weighted by Gasteiger charge is -2.24. The van der Waals surface area contributed by atoms with Crippen molar-refractivity contribution in [3.05, 3.63) is 0 Å². The standard InChI is InChI=1S/C10H14F6O3/c1-8(2,7(17)18)4-3-5-19-6(9(11,12)13)10(14,15)16/h6H,3-5H2,1-2H3,(H,17,18). The summed E-state index contributed by atoms with van der Waals surface area (Å²) < 4.78 is 76.2. The van der Waals surface area contributed by atoms with Crippen LogP contribution in [0, 0.1) is 5.41 Å². The first-order valence-corrected chi connectivity index (χ1v) is 5.27. The fourth-order valence-electron chi connectivity index (χ4n) is 1.20. The summed E-state index contributed by atoms with van der Waals surface area (Å²) in [6.45, 7) is 1.82. The van der Waals surface area contributed by atoms with Gasteiger partial charge < -0.3 is 9.84 Å². The van der Waals surface area contributed by atoms with Crippen LogP contribution in [-0.4, -0.2) is 36.1 Å². The van der Waals surface area contributed by atoms with Crippen molar-refractivity contribution >= 4 is 5.97 Å². The summed E-state index contributed by atoms with van der Waals surface area (Å²) in [5.74, 6) is -1.18. The molecular formula is C10H14F6O3. The molecule has 0 rings (SSSR count). The van der Waals surface area contributed by atoms with E-state index in [0.717, 1.165) is 0 Å². The molecule has 0 saturated heterocycles. The van der Waals surface area contributed by atoms with E-state index in [4.69, 9.17) is 5.11 Å². The summed E-state index contributed by atoms with van der Waals surface area (Å²) in [7, 11) is 0. The highest BCUT2D eigenvalue weighted by Crippen LogP contribution is 2.36. The van der Waals surface area contributed by atoms with Crippen LogP contribution in [0.4, 0.5) is 26.3 Å². The first-order valence-electron chi connectivity index (χ1n) is 5.27. The van der Waals surface area contributed by atoms with Crippen LogP contribution in [0.15, 0.2) is 0 Å². The minimum absolute atomic E-state index is 0.0925. The van der Waals surface area contributed by atoms with E-state index in [1.54, 1.807) is 0 Å². The maximum Gasteiger partial charge on any atom is 0.423 e. The molecule has 0 aliphatic rings. The number of alkyl halides is 6. The predicted octanol–water partition coefficient (Wildman–Crippen LogP) is 3.39. The Morgan fingerprint density at radius 3 is 1.84 bits per heavy atom. The molecule has 9 heteroatoms. The van der Waals surface area contributed by atoms with E-state index >= 15 is 0 Å². The molecule has 3 nitrogen and oxygen atoms in total. The van der Waals surface area contributed by atoms with Gasteiger partial charge in [-0.05, 0) is 26.7 Å². The lowest BCUT2D eigenvalue weighted by Crippen LogP contribution is -2.44. The third-order valence-corrected chi connectivity index (χ3v) is 2.40. The molecule has 0 atom stereocenters. The zero-order valence-electron chi connectivity index (χ0n) is 10.2. The molecule has 0 heterocycles. The molecule has 0 saturated carbocycles.